The standard InChI is InChI=1S/C22H28N2O2/c1-5-6-7-8-12-22(3,4)21-23-19(25)18-17(14-26-20(18)24-21)16-11-9-10-15(2)13-16/h9-11,13-14H,5-8,12H2,1-4H3,(H,23,24,25). The number of hydrogen-bond acceptors (Lipinski definition) is 3. The Morgan fingerprint density at radius 2 is 2.00 bits per heavy atom. The molecule has 2 aromatic heterocycles. The van der Waals surface area contributed by atoms with Gasteiger partial charge in [0, 0.05) is 11.0 Å². The number of H-pyrrole nitrogens is 1. The fraction of sp³-hybridized carbons (Fsp3) is 0.455. The second-order valence-corrected chi connectivity index (χ2v) is 7.81. The van der Waals surface area contributed by atoms with Crippen molar-refractivity contribution in [2.75, 3.05) is 0 Å². The first kappa shape index (κ1) is 18.4. The average Bonchev–Trinajstić information content (AvgIpc) is 3.03. The van der Waals surface area contributed by atoms with Crippen LogP contribution in [0.2, 0.25) is 0 Å². The third-order valence-corrected chi connectivity index (χ3v) is 5.07. The van der Waals surface area contributed by atoms with E-state index >= 15 is 0 Å². The highest BCUT2D eigenvalue weighted by Gasteiger charge is 2.25. The second kappa shape index (κ2) is 7.48. The molecule has 2 heterocycles. The number of fused-ring (bicyclic) bond motifs is 1. The van der Waals surface area contributed by atoms with Crippen LogP contribution in [0, 0.1) is 6.92 Å². The largest absolute Gasteiger partial charge is 0.445 e. The van der Waals surface area contributed by atoms with Crippen molar-refractivity contribution in [2.45, 2.75) is 65.2 Å². The molecule has 4 heteroatoms. The van der Waals surface area contributed by atoms with Crippen molar-refractivity contribution in [3.8, 4) is 11.1 Å². The quantitative estimate of drug-likeness (QED) is 0.552. The van der Waals surface area contributed by atoms with Crippen molar-refractivity contribution in [3.63, 3.8) is 0 Å². The molecule has 4 nitrogen and oxygen atoms in total. The minimum atomic E-state index is -0.183. The van der Waals surface area contributed by atoms with Gasteiger partial charge in [-0.1, -0.05) is 76.3 Å². The van der Waals surface area contributed by atoms with E-state index in [1.54, 1.807) is 6.26 Å². The molecule has 0 saturated carbocycles. The van der Waals surface area contributed by atoms with E-state index in [1.807, 2.05) is 25.1 Å². The molecule has 0 bridgehead atoms. The van der Waals surface area contributed by atoms with Gasteiger partial charge in [-0.05, 0) is 18.9 Å². The third kappa shape index (κ3) is 3.74. The molecule has 0 spiro atoms. The smallest absolute Gasteiger partial charge is 0.262 e. The number of nitrogens with zero attached hydrogens (tertiary/aromatic N) is 1. The van der Waals surface area contributed by atoms with Crippen molar-refractivity contribution in [1.82, 2.24) is 9.97 Å². The number of hydrogen-bond donors (Lipinski definition) is 1. The van der Waals surface area contributed by atoms with Gasteiger partial charge in [-0.25, -0.2) is 0 Å². The van der Waals surface area contributed by atoms with Gasteiger partial charge in [-0.2, -0.15) is 4.98 Å². The Hall–Kier alpha value is -2.36. The summed E-state index contributed by atoms with van der Waals surface area (Å²) in [5.41, 5.74) is 3.02. The molecule has 0 radical (unpaired) electrons. The maximum atomic E-state index is 12.8. The van der Waals surface area contributed by atoms with Gasteiger partial charge >= 0.3 is 0 Å². The molecule has 0 unspecified atom stereocenters. The summed E-state index contributed by atoms with van der Waals surface area (Å²) in [6.07, 6.45) is 7.44. The molecule has 0 aliphatic rings. The first-order chi connectivity index (χ1) is 12.4. The summed E-state index contributed by atoms with van der Waals surface area (Å²) in [6, 6.07) is 8.06. The normalized spacial score (nSPS) is 12.0. The number of rotatable bonds is 7. The number of benzene rings is 1. The highest BCUT2D eigenvalue weighted by atomic mass is 16.3. The van der Waals surface area contributed by atoms with Crippen LogP contribution in [0.15, 0.2) is 39.7 Å². The van der Waals surface area contributed by atoms with E-state index < -0.39 is 0 Å². The molecule has 0 fully saturated rings. The maximum Gasteiger partial charge on any atom is 0.262 e. The molecule has 3 rings (SSSR count). The molecule has 138 valence electrons. The van der Waals surface area contributed by atoms with Crippen LogP contribution < -0.4 is 5.56 Å². The van der Waals surface area contributed by atoms with Crippen LogP contribution >= 0.6 is 0 Å². The van der Waals surface area contributed by atoms with Gasteiger partial charge in [0.1, 0.15) is 17.5 Å². The molecule has 1 aromatic carbocycles. The fourth-order valence-corrected chi connectivity index (χ4v) is 3.41. The Kier molecular flexibility index (Phi) is 5.30. The average molecular weight is 352 g/mol. The summed E-state index contributed by atoms with van der Waals surface area (Å²) in [5.74, 6) is 0.705. The van der Waals surface area contributed by atoms with Crippen LogP contribution in [0.1, 0.15) is 64.3 Å². The third-order valence-electron chi connectivity index (χ3n) is 5.07. The lowest BCUT2D eigenvalue weighted by Crippen LogP contribution is -2.25. The van der Waals surface area contributed by atoms with Crippen LogP contribution in [0.25, 0.3) is 22.2 Å². The minimum absolute atomic E-state index is 0.128. The molecule has 0 atom stereocenters. The number of aromatic amines is 1. The number of furan rings is 1. The van der Waals surface area contributed by atoms with Crippen LogP contribution in [-0.2, 0) is 5.41 Å². The first-order valence-corrected chi connectivity index (χ1v) is 9.51. The molecule has 0 saturated heterocycles. The van der Waals surface area contributed by atoms with Crippen LogP contribution in [0.3, 0.4) is 0 Å². The zero-order chi connectivity index (χ0) is 18.7. The maximum absolute atomic E-state index is 12.8. The van der Waals surface area contributed by atoms with Crippen LogP contribution in [0.5, 0.6) is 0 Å². The fourth-order valence-electron chi connectivity index (χ4n) is 3.41. The summed E-state index contributed by atoms with van der Waals surface area (Å²) in [6.45, 7) is 8.51. The van der Waals surface area contributed by atoms with Gasteiger partial charge in [0.25, 0.3) is 5.56 Å². The van der Waals surface area contributed by atoms with E-state index in [1.165, 1.54) is 19.3 Å². The summed E-state index contributed by atoms with van der Waals surface area (Å²) in [5, 5.41) is 0.529. The van der Waals surface area contributed by atoms with Gasteiger partial charge in [0.05, 0.1) is 0 Å². The van der Waals surface area contributed by atoms with Crippen molar-refractivity contribution >= 4 is 11.1 Å². The molecule has 3 aromatic rings. The molecular formula is C22H28N2O2. The van der Waals surface area contributed by atoms with E-state index in [-0.39, 0.29) is 11.0 Å². The Morgan fingerprint density at radius 3 is 2.73 bits per heavy atom. The Labute approximate surface area is 154 Å². The highest BCUT2D eigenvalue weighted by Crippen LogP contribution is 2.31. The summed E-state index contributed by atoms with van der Waals surface area (Å²) in [7, 11) is 0. The van der Waals surface area contributed by atoms with E-state index in [2.05, 4.69) is 36.8 Å². The molecule has 1 N–H and O–H groups in total. The lowest BCUT2D eigenvalue weighted by molar-refractivity contribution is 0.420. The van der Waals surface area contributed by atoms with Gasteiger partial charge in [-0.15, -0.1) is 0 Å². The number of unbranched alkanes of at least 4 members (excludes halogenated alkanes) is 3. The SMILES string of the molecule is CCCCCCC(C)(C)c1nc2occ(-c3cccc(C)c3)c2c(=O)[nH]1. The Balaban J connectivity index is 1.96. The van der Waals surface area contributed by atoms with Gasteiger partial charge < -0.3 is 9.40 Å². The zero-order valence-electron chi connectivity index (χ0n) is 16.2. The van der Waals surface area contributed by atoms with E-state index in [0.29, 0.717) is 16.9 Å². The predicted octanol–water partition coefficient (Wildman–Crippen LogP) is 5.74. The zero-order valence-corrected chi connectivity index (χ0v) is 16.2. The lowest BCUT2D eigenvalue weighted by atomic mass is 9.86. The van der Waals surface area contributed by atoms with Crippen molar-refractivity contribution in [2.24, 2.45) is 0 Å². The van der Waals surface area contributed by atoms with Crippen molar-refractivity contribution < 1.29 is 4.42 Å². The van der Waals surface area contributed by atoms with Crippen molar-refractivity contribution in [3.05, 3.63) is 52.3 Å². The van der Waals surface area contributed by atoms with E-state index in [4.69, 9.17) is 4.42 Å². The lowest BCUT2D eigenvalue weighted by Gasteiger charge is -2.23. The van der Waals surface area contributed by atoms with E-state index in [0.717, 1.165) is 29.5 Å². The Morgan fingerprint density at radius 1 is 1.19 bits per heavy atom. The summed E-state index contributed by atoms with van der Waals surface area (Å²) < 4.78 is 5.67. The minimum Gasteiger partial charge on any atom is -0.445 e. The molecular weight excluding hydrogens is 324 g/mol. The monoisotopic (exact) mass is 352 g/mol. The molecule has 26 heavy (non-hydrogen) atoms. The van der Waals surface area contributed by atoms with E-state index in [9.17, 15) is 4.79 Å². The summed E-state index contributed by atoms with van der Waals surface area (Å²) >= 11 is 0. The molecule has 0 aliphatic heterocycles. The number of nitrogens with one attached hydrogen (secondary N) is 1. The Bertz CT molecular complexity index is 950. The molecule has 0 aliphatic carbocycles. The second-order valence-electron chi connectivity index (χ2n) is 7.81. The summed E-state index contributed by atoms with van der Waals surface area (Å²) in [4.78, 5) is 20.5. The van der Waals surface area contributed by atoms with Gasteiger partial charge in [-0.3, -0.25) is 4.79 Å². The number of aromatic nitrogens is 2. The van der Waals surface area contributed by atoms with Gasteiger partial charge in [0.15, 0.2) is 0 Å². The highest BCUT2D eigenvalue weighted by molar-refractivity contribution is 5.91. The van der Waals surface area contributed by atoms with Crippen molar-refractivity contribution in [1.29, 1.82) is 0 Å². The van der Waals surface area contributed by atoms with Gasteiger partial charge in [0.2, 0.25) is 5.71 Å². The topological polar surface area (TPSA) is 58.9 Å². The molecule has 0 amide bonds. The first-order valence-electron chi connectivity index (χ1n) is 9.51. The predicted molar refractivity (Wildman–Crippen MR) is 107 cm³/mol. The van der Waals surface area contributed by atoms with Crippen LogP contribution in [-0.4, -0.2) is 9.97 Å². The number of aryl methyl sites for hydroxylation is 1. The van der Waals surface area contributed by atoms with Crippen LogP contribution in [0.4, 0.5) is 0 Å².